The van der Waals surface area contributed by atoms with Crippen LogP contribution in [-0.4, -0.2) is 68.7 Å². The van der Waals surface area contributed by atoms with Crippen LogP contribution < -0.4 is 10.6 Å². The van der Waals surface area contributed by atoms with Crippen LogP contribution in [0.1, 0.15) is 40.0 Å². The van der Waals surface area contributed by atoms with E-state index in [0.717, 1.165) is 19.6 Å². The van der Waals surface area contributed by atoms with Crippen molar-refractivity contribution in [2.45, 2.75) is 44.9 Å². The number of likely N-dealkylation sites (N-methyl/N-ethyl adjacent to an activating group) is 1. The maximum atomic E-state index is 12.9. The minimum Gasteiger partial charge on any atom is -0.355 e. The van der Waals surface area contributed by atoms with E-state index < -0.39 is 10.0 Å². The van der Waals surface area contributed by atoms with E-state index in [9.17, 15) is 18.0 Å². The zero-order chi connectivity index (χ0) is 22.1. The van der Waals surface area contributed by atoms with Crippen LogP contribution in [0.4, 0.5) is 5.69 Å². The molecule has 2 amide bonds. The summed E-state index contributed by atoms with van der Waals surface area (Å²) in [5.74, 6) is 0.0360. The van der Waals surface area contributed by atoms with Gasteiger partial charge in [-0.1, -0.05) is 13.8 Å². The summed E-state index contributed by atoms with van der Waals surface area (Å²) >= 11 is 0. The molecule has 1 fully saturated rings. The molecule has 30 heavy (non-hydrogen) atoms. The summed E-state index contributed by atoms with van der Waals surface area (Å²) in [6.07, 6.45) is 1.79. The van der Waals surface area contributed by atoms with Crippen molar-refractivity contribution < 1.29 is 18.0 Å². The number of carbonyl (C=O) groups is 2. The number of benzene rings is 1. The van der Waals surface area contributed by atoms with Crippen LogP contribution in [0.25, 0.3) is 0 Å². The van der Waals surface area contributed by atoms with Gasteiger partial charge in [0.15, 0.2) is 0 Å². The number of rotatable bonds is 10. The molecule has 1 aliphatic rings. The van der Waals surface area contributed by atoms with Crippen molar-refractivity contribution >= 4 is 27.5 Å². The van der Waals surface area contributed by atoms with Crippen LogP contribution >= 0.6 is 0 Å². The van der Waals surface area contributed by atoms with Crippen LogP contribution in [0, 0.1) is 5.92 Å². The van der Waals surface area contributed by atoms with Gasteiger partial charge in [0.25, 0.3) is 0 Å². The number of carbonyl (C=O) groups excluding carboxylic acids is 2. The predicted octanol–water partition coefficient (Wildman–Crippen LogP) is 1.89. The highest BCUT2D eigenvalue weighted by molar-refractivity contribution is 7.89. The lowest BCUT2D eigenvalue weighted by Gasteiger charge is -2.31. The summed E-state index contributed by atoms with van der Waals surface area (Å²) in [6, 6.07) is 6.19. The smallest absolute Gasteiger partial charge is 0.243 e. The third-order valence-corrected chi connectivity index (χ3v) is 7.42. The van der Waals surface area contributed by atoms with Gasteiger partial charge in [-0.15, -0.1) is 0 Å². The number of hydrogen-bond acceptors (Lipinski definition) is 5. The van der Waals surface area contributed by atoms with Gasteiger partial charge in [-0.25, -0.2) is 8.42 Å². The Morgan fingerprint density at radius 1 is 1.10 bits per heavy atom. The number of nitrogens with zero attached hydrogens (tertiary/aromatic N) is 2. The molecule has 2 rings (SSSR count). The maximum absolute atomic E-state index is 12.9. The fraction of sp³-hybridized carbons (Fsp3) is 0.619. The molecule has 0 unspecified atom stereocenters. The van der Waals surface area contributed by atoms with Gasteiger partial charge in [0.05, 0.1) is 4.90 Å². The van der Waals surface area contributed by atoms with Crippen LogP contribution in [0.15, 0.2) is 29.2 Å². The summed E-state index contributed by atoms with van der Waals surface area (Å²) in [6.45, 7) is 9.85. The Labute approximate surface area is 180 Å². The summed E-state index contributed by atoms with van der Waals surface area (Å²) in [5, 5.41) is 5.60. The summed E-state index contributed by atoms with van der Waals surface area (Å²) in [5.41, 5.74) is 0.562. The molecule has 168 valence electrons. The second kappa shape index (κ2) is 11.4. The Balaban J connectivity index is 1.81. The number of amides is 2. The van der Waals surface area contributed by atoms with Gasteiger partial charge in [-0.05, 0) is 56.1 Å². The molecule has 1 aromatic rings. The monoisotopic (exact) mass is 438 g/mol. The van der Waals surface area contributed by atoms with E-state index in [-0.39, 0.29) is 22.6 Å². The topological polar surface area (TPSA) is 98.8 Å². The molecule has 0 atom stereocenters. The highest BCUT2D eigenvalue weighted by Crippen LogP contribution is 2.26. The number of piperidine rings is 1. The van der Waals surface area contributed by atoms with Crippen LogP contribution in [0.5, 0.6) is 0 Å². The van der Waals surface area contributed by atoms with Gasteiger partial charge < -0.3 is 15.5 Å². The average molecular weight is 439 g/mol. The Morgan fingerprint density at radius 3 is 2.23 bits per heavy atom. The maximum Gasteiger partial charge on any atom is 0.243 e. The fourth-order valence-corrected chi connectivity index (χ4v) is 5.11. The number of hydrogen-bond donors (Lipinski definition) is 2. The molecule has 0 aliphatic carbocycles. The van der Waals surface area contributed by atoms with Gasteiger partial charge in [-0.3, -0.25) is 9.59 Å². The van der Waals surface area contributed by atoms with Crippen molar-refractivity contribution in [1.82, 2.24) is 14.5 Å². The molecule has 9 heteroatoms. The average Bonchev–Trinajstić information content (AvgIpc) is 2.71. The predicted molar refractivity (Wildman–Crippen MR) is 118 cm³/mol. The Bertz CT molecular complexity index is 799. The van der Waals surface area contributed by atoms with Crippen molar-refractivity contribution in [2.24, 2.45) is 5.92 Å². The Morgan fingerprint density at radius 2 is 1.70 bits per heavy atom. The molecule has 2 N–H and O–H groups in total. The third kappa shape index (κ3) is 7.07. The second-order valence-corrected chi connectivity index (χ2v) is 9.57. The van der Waals surface area contributed by atoms with Gasteiger partial charge in [0, 0.05) is 45.2 Å². The highest BCUT2D eigenvalue weighted by atomic mass is 32.2. The third-order valence-electron chi connectivity index (χ3n) is 5.50. The van der Waals surface area contributed by atoms with E-state index in [2.05, 4.69) is 29.4 Å². The normalized spacial score (nSPS) is 15.9. The van der Waals surface area contributed by atoms with E-state index >= 15 is 0 Å². The first-order valence-electron chi connectivity index (χ1n) is 10.6. The lowest BCUT2D eigenvalue weighted by molar-refractivity contribution is -0.122. The SMILES string of the molecule is CCN(CC)CCNC(=O)CC1CCN(S(=O)(=O)c2ccc(NC(C)=O)cc2)CC1. The minimum atomic E-state index is -3.57. The standard InChI is InChI=1S/C21H34N4O4S/c1-4-24(5-2)15-12-22-21(27)16-18-10-13-25(14-11-18)30(28,29)20-8-6-19(7-9-20)23-17(3)26/h6-9,18H,4-5,10-16H2,1-3H3,(H,22,27)(H,23,26). The van der Waals surface area contributed by atoms with E-state index in [1.165, 1.54) is 23.4 Å². The first-order chi connectivity index (χ1) is 14.3. The molecular weight excluding hydrogens is 404 g/mol. The van der Waals surface area contributed by atoms with Gasteiger partial charge in [0.1, 0.15) is 0 Å². The molecule has 0 bridgehead atoms. The van der Waals surface area contributed by atoms with Crippen LogP contribution in [0.2, 0.25) is 0 Å². The molecule has 1 aliphatic heterocycles. The molecule has 0 aromatic heterocycles. The zero-order valence-electron chi connectivity index (χ0n) is 18.2. The van der Waals surface area contributed by atoms with E-state index in [0.29, 0.717) is 44.6 Å². The number of anilines is 1. The van der Waals surface area contributed by atoms with Crippen molar-refractivity contribution in [3.8, 4) is 0 Å². The fourth-order valence-electron chi connectivity index (χ4n) is 3.64. The lowest BCUT2D eigenvalue weighted by Crippen LogP contribution is -2.40. The molecule has 1 heterocycles. The minimum absolute atomic E-state index is 0.0389. The van der Waals surface area contributed by atoms with Gasteiger partial charge >= 0.3 is 0 Å². The van der Waals surface area contributed by atoms with E-state index in [1.54, 1.807) is 12.1 Å². The molecule has 0 saturated carbocycles. The van der Waals surface area contributed by atoms with Gasteiger partial charge in [0.2, 0.25) is 21.8 Å². The van der Waals surface area contributed by atoms with E-state index in [4.69, 9.17) is 0 Å². The van der Waals surface area contributed by atoms with Crippen molar-refractivity contribution in [3.05, 3.63) is 24.3 Å². The molecule has 1 aromatic carbocycles. The first kappa shape index (κ1) is 24.3. The van der Waals surface area contributed by atoms with Crippen molar-refractivity contribution in [3.63, 3.8) is 0 Å². The van der Waals surface area contributed by atoms with E-state index in [1.807, 2.05) is 0 Å². The number of nitrogens with one attached hydrogen (secondary N) is 2. The summed E-state index contributed by atoms with van der Waals surface area (Å²) in [7, 11) is -3.57. The molecule has 0 radical (unpaired) electrons. The second-order valence-electron chi connectivity index (χ2n) is 7.63. The summed E-state index contributed by atoms with van der Waals surface area (Å²) < 4.78 is 27.2. The molecule has 1 saturated heterocycles. The zero-order valence-corrected chi connectivity index (χ0v) is 19.0. The highest BCUT2D eigenvalue weighted by Gasteiger charge is 2.30. The quantitative estimate of drug-likeness (QED) is 0.581. The Hall–Kier alpha value is -1.97. The van der Waals surface area contributed by atoms with Crippen molar-refractivity contribution in [2.75, 3.05) is 44.6 Å². The summed E-state index contributed by atoms with van der Waals surface area (Å²) in [4.78, 5) is 25.8. The Kier molecular flexibility index (Phi) is 9.26. The lowest BCUT2D eigenvalue weighted by atomic mass is 9.94. The largest absolute Gasteiger partial charge is 0.355 e. The van der Waals surface area contributed by atoms with Crippen LogP contribution in [0.3, 0.4) is 0 Å². The number of sulfonamides is 1. The molecule has 0 spiro atoms. The van der Waals surface area contributed by atoms with Crippen LogP contribution in [-0.2, 0) is 19.6 Å². The first-order valence-corrected chi connectivity index (χ1v) is 12.1. The van der Waals surface area contributed by atoms with Crippen molar-refractivity contribution in [1.29, 1.82) is 0 Å². The van der Waals surface area contributed by atoms with Gasteiger partial charge in [-0.2, -0.15) is 4.31 Å². The molecular formula is C21H34N4O4S. The molecule has 8 nitrogen and oxygen atoms in total.